The van der Waals surface area contributed by atoms with Crippen LogP contribution in [-0.2, 0) is 17.8 Å². The van der Waals surface area contributed by atoms with Gasteiger partial charge in [0, 0.05) is 32.1 Å². The minimum absolute atomic E-state index is 0.109. The molecule has 164 valence electrons. The third-order valence-corrected chi connectivity index (χ3v) is 4.93. The van der Waals surface area contributed by atoms with Crippen molar-refractivity contribution in [3.8, 4) is 5.75 Å². The molecule has 31 heavy (non-hydrogen) atoms. The molecule has 1 heterocycles. The number of nitrogens with zero attached hydrogens (tertiary/aromatic N) is 3. The fraction of sp³-hybridized carbons (Fsp3) is 0.360. The number of para-hydroxylation sites is 2. The van der Waals surface area contributed by atoms with Crippen molar-refractivity contribution >= 4 is 23.0 Å². The number of likely N-dealkylation sites (N-methyl/N-ethyl adjacent to an activating group) is 1. The van der Waals surface area contributed by atoms with Crippen molar-refractivity contribution in [3.63, 3.8) is 0 Å². The van der Waals surface area contributed by atoms with Gasteiger partial charge in [0.15, 0.2) is 0 Å². The van der Waals surface area contributed by atoms with Crippen LogP contribution in [0, 0.1) is 0 Å². The molecule has 0 atom stereocenters. The molecule has 3 rings (SSSR count). The van der Waals surface area contributed by atoms with Crippen LogP contribution in [0.4, 0.5) is 0 Å². The molecular formula is C25H32N4O2. The van der Waals surface area contributed by atoms with Crippen molar-refractivity contribution in [2.45, 2.75) is 26.3 Å². The van der Waals surface area contributed by atoms with Gasteiger partial charge in [0.05, 0.1) is 17.6 Å². The highest BCUT2D eigenvalue weighted by Gasteiger charge is 2.10. The van der Waals surface area contributed by atoms with Gasteiger partial charge in [-0.25, -0.2) is 4.98 Å². The molecule has 0 aliphatic carbocycles. The zero-order chi connectivity index (χ0) is 22.1. The van der Waals surface area contributed by atoms with Crippen LogP contribution in [0.2, 0.25) is 0 Å². The number of nitrogens with one attached hydrogen (secondary N) is 1. The Bertz CT molecular complexity index is 1010. The Morgan fingerprint density at radius 3 is 2.68 bits per heavy atom. The molecule has 1 aromatic heterocycles. The van der Waals surface area contributed by atoms with Crippen LogP contribution in [0.25, 0.3) is 17.1 Å². The third-order valence-electron chi connectivity index (χ3n) is 4.93. The second kappa shape index (κ2) is 11.3. The SMILES string of the molecule is CCCOc1ccc(/C=C/C(=O)NCCc2nc3ccccc3n2CCN(C)C)cc1. The van der Waals surface area contributed by atoms with Crippen LogP contribution in [-0.4, -0.2) is 54.1 Å². The molecule has 0 aliphatic rings. The summed E-state index contributed by atoms with van der Waals surface area (Å²) in [6.07, 6.45) is 5.04. The number of benzene rings is 2. The van der Waals surface area contributed by atoms with Gasteiger partial charge in [-0.05, 0) is 56.4 Å². The van der Waals surface area contributed by atoms with E-state index in [1.807, 2.05) is 48.5 Å². The summed E-state index contributed by atoms with van der Waals surface area (Å²) in [5.41, 5.74) is 3.09. The first-order valence-electron chi connectivity index (χ1n) is 10.8. The minimum Gasteiger partial charge on any atom is -0.494 e. The van der Waals surface area contributed by atoms with E-state index < -0.39 is 0 Å². The van der Waals surface area contributed by atoms with E-state index in [1.165, 1.54) is 0 Å². The number of hydrogen-bond donors (Lipinski definition) is 1. The average molecular weight is 421 g/mol. The van der Waals surface area contributed by atoms with E-state index in [0.29, 0.717) is 19.6 Å². The molecule has 0 aliphatic heterocycles. The summed E-state index contributed by atoms with van der Waals surface area (Å²) in [5.74, 6) is 1.73. The number of hydrogen-bond acceptors (Lipinski definition) is 4. The lowest BCUT2D eigenvalue weighted by Crippen LogP contribution is -2.25. The number of carbonyl (C=O) groups is 1. The van der Waals surface area contributed by atoms with Crippen LogP contribution in [0.3, 0.4) is 0 Å². The molecule has 0 saturated heterocycles. The van der Waals surface area contributed by atoms with Gasteiger partial charge >= 0.3 is 0 Å². The van der Waals surface area contributed by atoms with Gasteiger partial charge in [-0.1, -0.05) is 31.2 Å². The molecule has 0 radical (unpaired) electrons. The van der Waals surface area contributed by atoms with Crippen molar-refractivity contribution in [1.29, 1.82) is 0 Å². The number of rotatable bonds is 11. The Morgan fingerprint density at radius 2 is 1.94 bits per heavy atom. The molecule has 0 bridgehead atoms. The van der Waals surface area contributed by atoms with E-state index in [-0.39, 0.29) is 5.91 Å². The van der Waals surface area contributed by atoms with Gasteiger partial charge in [-0.3, -0.25) is 4.79 Å². The van der Waals surface area contributed by atoms with Crippen LogP contribution < -0.4 is 10.1 Å². The lowest BCUT2D eigenvalue weighted by atomic mass is 10.2. The molecule has 1 N–H and O–H groups in total. The Morgan fingerprint density at radius 1 is 1.16 bits per heavy atom. The molecule has 0 saturated carbocycles. The number of amides is 1. The highest BCUT2D eigenvalue weighted by atomic mass is 16.5. The van der Waals surface area contributed by atoms with Crippen molar-refractivity contribution in [1.82, 2.24) is 19.8 Å². The number of ether oxygens (including phenoxy) is 1. The Labute approximate surface area is 184 Å². The van der Waals surface area contributed by atoms with Crippen molar-refractivity contribution < 1.29 is 9.53 Å². The van der Waals surface area contributed by atoms with Crippen molar-refractivity contribution in [3.05, 3.63) is 66.0 Å². The first kappa shape index (κ1) is 22.6. The lowest BCUT2D eigenvalue weighted by Gasteiger charge is -2.13. The zero-order valence-corrected chi connectivity index (χ0v) is 18.7. The van der Waals surface area contributed by atoms with E-state index >= 15 is 0 Å². The fourth-order valence-electron chi connectivity index (χ4n) is 3.29. The predicted molar refractivity (Wildman–Crippen MR) is 126 cm³/mol. The van der Waals surface area contributed by atoms with E-state index in [4.69, 9.17) is 9.72 Å². The smallest absolute Gasteiger partial charge is 0.244 e. The maximum Gasteiger partial charge on any atom is 0.244 e. The lowest BCUT2D eigenvalue weighted by molar-refractivity contribution is -0.116. The highest BCUT2D eigenvalue weighted by Crippen LogP contribution is 2.16. The van der Waals surface area contributed by atoms with Crippen molar-refractivity contribution in [2.24, 2.45) is 0 Å². The third kappa shape index (κ3) is 6.69. The topological polar surface area (TPSA) is 59.4 Å². The Kier molecular flexibility index (Phi) is 8.24. The van der Waals surface area contributed by atoms with Crippen LogP contribution in [0.5, 0.6) is 5.75 Å². The summed E-state index contributed by atoms with van der Waals surface area (Å²) in [4.78, 5) is 19.2. The maximum atomic E-state index is 12.2. The molecule has 0 fully saturated rings. The second-order valence-corrected chi connectivity index (χ2v) is 7.76. The summed E-state index contributed by atoms with van der Waals surface area (Å²) in [7, 11) is 4.13. The summed E-state index contributed by atoms with van der Waals surface area (Å²) < 4.78 is 7.83. The average Bonchev–Trinajstić information content (AvgIpc) is 3.12. The van der Waals surface area contributed by atoms with Gasteiger partial charge in [0.1, 0.15) is 11.6 Å². The van der Waals surface area contributed by atoms with E-state index in [9.17, 15) is 4.79 Å². The summed E-state index contributed by atoms with van der Waals surface area (Å²) >= 11 is 0. The molecule has 0 unspecified atom stereocenters. The van der Waals surface area contributed by atoms with Crippen LogP contribution >= 0.6 is 0 Å². The van der Waals surface area contributed by atoms with Crippen LogP contribution in [0.15, 0.2) is 54.6 Å². The van der Waals surface area contributed by atoms with Gasteiger partial charge in [0.2, 0.25) is 5.91 Å². The maximum absolute atomic E-state index is 12.2. The normalized spacial score (nSPS) is 11.5. The number of carbonyl (C=O) groups excluding carboxylic acids is 1. The fourth-order valence-corrected chi connectivity index (χ4v) is 3.29. The molecule has 1 amide bonds. The monoisotopic (exact) mass is 420 g/mol. The zero-order valence-electron chi connectivity index (χ0n) is 18.7. The minimum atomic E-state index is -0.109. The Hall–Kier alpha value is -3.12. The first-order chi connectivity index (χ1) is 15.1. The molecule has 0 spiro atoms. The van der Waals surface area contributed by atoms with Gasteiger partial charge in [-0.15, -0.1) is 0 Å². The number of aromatic nitrogens is 2. The molecule has 3 aromatic rings. The van der Waals surface area contributed by atoms with E-state index in [0.717, 1.165) is 47.7 Å². The molecule has 6 heteroatoms. The van der Waals surface area contributed by atoms with Gasteiger partial charge < -0.3 is 19.5 Å². The predicted octanol–water partition coefficient (Wildman–Crippen LogP) is 3.76. The molecule has 2 aromatic carbocycles. The number of imidazole rings is 1. The second-order valence-electron chi connectivity index (χ2n) is 7.76. The largest absolute Gasteiger partial charge is 0.494 e. The molecular weight excluding hydrogens is 388 g/mol. The van der Waals surface area contributed by atoms with Crippen molar-refractivity contribution in [2.75, 3.05) is 33.8 Å². The van der Waals surface area contributed by atoms with E-state index in [1.54, 1.807) is 6.08 Å². The van der Waals surface area contributed by atoms with Gasteiger partial charge in [0.25, 0.3) is 0 Å². The highest BCUT2D eigenvalue weighted by molar-refractivity contribution is 5.91. The summed E-state index contributed by atoms with van der Waals surface area (Å²) in [5, 5.41) is 2.96. The number of fused-ring (bicyclic) bond motifs is 1. The summed E-state index contributed by atoms with van der Waals surface area (Å²) in [6.45, 7) is 5.13. The Balaban J connectivity index is 1.54. The quantitative estimate of drug-likeness (QED) is 0.480. The molecule has 6 nitrogen and oxygen atoms in total. The first-order valence-corrected chi connectivity index (χ1v) is 10.8. The van der Waals surface area contributed by atoms with E-state index in [2.05, 4.69) is 41.9 Å². The van der Waals surface area contributed by atoms with Gasteiger partial charge in [-0.2, -0.15) is 0 Å². The standard InChI is InChI=1S/C25H32N4O2/c1-4-19-31-21-12-9-20(10-13-21)11-14-25(30)26-16-15-24-27-22-7-5-6-8-23(22)29(24)18-17-28(2)3/h5-14H,4,15-19H2,1-3H3,(H,26,30)/b14-11+. The van der Waals surface area contributed by atoms with Crippen LogP contribution in [0.1, 0.15) is 24.7 Å². The summed E-state index contributed by atoms with van der Waals surface area (Å²) in [6, 6.07) is 15.9.